The average Bonchev–Trinajstić information content (AvgIpc) is 1.59. The Kier molecular flexibility index (Phi) is 32.7. The predicted molar refractivity (Wildman–Crippen MR) is 348 cm³/mol. The Morgan fingerprint density at radius 3 is 1.42 bits per heavy atom. The number of hydrogen-bond donors (Lipinski definition) is 20. The lowest BCUT2D eigenvalue weighted by Gasteiger charge is -2.31. The number of amides is 12. The molecule has 19 N–H and O–H groups in total. The summed E-state index contributed by atoms with van der Waals surface area (Å²) in [6, 6.07) is 4.23. The summed E-state index contributed by atoms with van der Waals surface area (Å²) >= 11 is 8.35. The van der Waals surface area contributed by atoms with E-state index in [1.165, 1.54) is 36.4 Å². The van der Waals surface area contributed by atoms with Gasteiger partial charge in [0.15, 0.2) is 0 Å². The normalized spacial score (nSPS) is 15.1. The van der Waals surface area contributed by atoms with E-state index in [1.807, 2.05) is 5.32 Å². The van der Waals surface area contributed by atoms with E-state index in [-0.39, 0.29) is 61.7 Å². The number of phenols is 2. The summed E-state index contributed by atoms with van der Waals surface area (Å²) in [6.45, 7) is -1.30. The largest absolute Gasteiger partial charge is 0.508 e. The third kappa shape index (κ3) is 27.6. The van der Waals surface area contributed by atoms with Crippen LogP contribution in [0.2, 0.25) is 0 Å². The number of likely N-dealkylation sites (tertiary alicyclic amines) is 1. The Morgan fingerprint density at radius 1 is 0.459 bits per heavy atom. The van der Waals surface area contributed by atoms with Crippen LogP contribution in [0.1, 0.15) is 68.6 Å². The number of aromatic hydroxyl groups is 2. The molecule has 0 unspecified atom stereocenters. The molecule has 4 rings (SSSR count). The first-order valence-electron chi connectivity index (χ1n) is 30.4. The molecule has 1 aliphatic heterocycles. The zero-order chi connectivity index (χ0) is 72.8. The highest BCUT2D eigenvalue weighted by Crippen LogP contribution is 2.21. The molecule has 1 heterocycles. The van der Waals surface area contributed by atoms with Crippen LogP contribution in [0.3, 0.4) is 0 Å². The van der Waals surface area contributed by atoms with Gasteiger partial charge in [0, 0.05) is 43.7 Å². The van der Waals surface area contributed by atoms with Crippen molar-refractivity contribution in [2.75, 3.05) is 37.7 Å². The number of aliphatic carboxylic acids is 4. The number of carbonyl (C=O) groups is 16. The highest BCUT2D eigenvalue weighted by Gasteiger charge is 2.41. The van der Waals surface area contributed by atoms with Crippen molar-refractivity contribution in [1.29, 1.82) is 0 Å². The van der Waals surface area contributed by atoms with Gasteiger partial charge in [0.2, 0.25) is 70.9 Å². The minimum absolute atomic E-state index is 0.0102. The lowest BCUT2D eigenvalue weighted by Crippen LogP contribution is -2.60. The molecule has 0 bridgehead atoms. The molecule has 12 amide bonds. The molecule has 1 aliphatic rings. The number of benzene rings is 3. The van der Waals surface area contributed by atoms with Crippen LogP contribution in [-0.2, 0) is 96.0 Å². The van der Waals surface area contributed by atoms with Gasteiger partial charge in [-0.05, 0) is 80.0 Å². The number of thiol groups is 2. The standard InChI is InChI=1S/C61H79N13O22S2/c1-31(52(87)72-43(29-97)58(93)69-40(23-34-11-15-36(76)16-12-34)55(90)64-26-46(77)63-28-51(85)86)66-47(78)27-65-54(89)38(17-19-48(79)80)67-56(91)39(18-20-49(81)82)68-57(92)41(25-50(83)84)70-60(95)45-8-5-21-74(45)61(96)42(24-32-6-3-2-4-7-32)71-59(94)44(30-98)73-53(88)37(62)22-33-9-13-35(75)14-10-33/h2-4,6-7,9-16,31,37-45,75-76,97-98H,5,8,17-30,62H2,1H3,(H,63,77)(H,64,90)(H,65,89)(H,66,78)(H,67,91)(H,68,92)(H,69,93)(H,70,95)(H,71,94)(H,72,87)(H,73,88)(H,79,80)(H,81,82)(H,83,84)(H,85,86)/t31-,37-,38-,39-,40-,41-,42-,43-,44-,45-/m0/s1. The second kappa shape index (κ2) is 40.1. The molecular formula is C61H79N13O22S2. The van der Waals surface area contributed by atoms with E-state index in [0.717, 1.165) is 11.8 Å². The zero-order valence-electron chi connectivity index (χ0n) is 52.7. The van der Waals surface area contributed by atoms with Crippen molar-refractivity contribution in [1.82, 2.24) is 63.4 Å². The highest BCUT2D eigenvalue weighted by molar-refractivity contribution is 7.80. The van der Waals surface area contributed by atoms with Gasteiger partial charge in [-0.3, -0.25) is 76.7 Å². The Morgan fingerprint density at radius 2 is 0.898 bits per heavy atom. The van der Waals surface area contributed by atoms with Crippen molar-refractivity contribution in [3.63, 3.8) is 0 Å². The van der Waals surface area contributed by atoms with Gasteiger partial charge in [-0.2, -0.15) is 25.3 Å². The fraction of sp³-hybridized carbons (Fsp3) is 0.443. The fourth-order valence-electron chi connectivity index (χ4n) is 9.56. The number of nitrogens with two attached hydrogens (primary N) is 1. The quantitative estimate of drug-likeness (QED) is 0.0237. The lowest BCUT2D eigenvalue weighted by atomic mass is 10.0. The lowest BCUT2D eigenvalue weighted by molar-refractivity contribution is -0.144. The first-order chi connectivity index (χ1) is 46.4. The van der Waals surface area contributed by atoms with Crippen molar-refractivity contribution in [2.45, 2.75) is 132 Å². The molecule has 0 aliphatic carbocycles. The van der Waals surface area contributed by atoms with Gasteiger partial charge in [-0.15, -0.1) is 0 Å². The van der Waals surface area contributed by atoms with Crippen molar-refractivity contribution in [2.24, 2.45) is 5.73 Å². The van der Waals surface area contributed by atoms with Crippen molar-refractivity contribution < 1.29 is 107 Å². The van der Waals surface area contributed by atoms with E-state index in [9.17, 15) is 102 Å². The summed E-state index contributed by atoms with van der Waals surface area (Å²) in [4.78, 5) is 210. The molecular weight excluding hydrogens is 1330 g/mol. The minimum atomic E-state index is -2.04. The maximum atomic E-state index is 14.5. The number of carboxylic acids is 4. The van der Waals surface area contributed by atoms with Gasteiger partial charge < -0.3 is 99.8 Å². The number of carboxylic acid groups (broad SMARTS) is 4. The van der Waals surface area contributed by atoms with Crippen LogP contribution in [0.25, 0.3) is 0 Å². The molecule has 0 saturated carbocycles. The van der Waals surface area contributed by atoms with Gasteiger partial charge in [-0.1, -0.05) is 54.6 Å². The molecule has 0 radical (unpaired) electrons. The highest BCUT2D eigenvalue weighted by atomic mass is 32.1. The number of phenolic OH excluding ortho intramolecular Hbond substituents is 2. The maximum Gasteiger partial charge on any atom is 0.322 e. The summed E-state index contributed by atoms with van der Waals surface area (Å²) < 4.78 is 0. The minimum Gasteiger partial charge on any atom is -0.508 e. The van der Waals surface area contributed by atoms with E-state index in [2.05, 4.69) is 78.4 Å². The second-order valence-corrected chi connectivity index (χ2v) is 23.1. The zero-order valence-corrected chi connectivity index (χ0v) is 54.5. The van der Waals surface area contributed by atoms with Gasteiger partial charge in [0.05, 0.1) is 25.6 Å². The van der Waals surface area contributed by atoms with E-state index >= 15 is 0 Å². The molecule has 1 saturated heterocycles. The van der Waals surface area contributed by atoms with Gasteiger partial charge in [0.25, 0.3) is 0 Å². The summed E-state index contributed by atoms with van der Waals surface area (Å²) in [7, 11) is 0. The topological polar surface area (TPSA) is 556 Å². The first-order valence-corrected chi connectivity index (χ1v) is 31.6. The Balaban J connectivity index is 1.43. The van der Waals surface area contributed by atoms with E-state index in [0.29, 0.717) is 16.7 Å². The monoisotopic (exact) mass is 1410 g/mol. The number of carbonyl (C=O) groups excluding carboxylic acids is 12. The number of hydrogen-bond acceptors (Lipinski definition) is 21. The van der Waals surface area contributed by atoms with Crippen molar-refractivity contribution in [3.05, 3.63) is 95.6 Å². The molecule has 0 aromatic heterocycles. The molecule has 37 heteroatoms. The molecule has 35 nitrogen and oxygen atoms in total. The fourth-order valence-corrected chi connectivity index (χ4v) is 10.1. The number of nitrogens with zero attached hydrogens (tertiary/aromatic N) is 1. The van der Waals surface area contributed by atoms with Crippen molar-refractivity contribution in [3.8, 4) is 11.5 Å². The van der Waals surface area contributed by atoms with Gasteiger partial charge in [0.1, 0.15) is 72.4 Å². The van der Waals surface area contributed by atoms with Crippen LogP contribution in [0.15, 0.2) is 78.9 Å². The molecule has 532 valence electrons. The summed E-state index contributed by atoms with van der Waals surface area (Å²) in [5, 5.41) is 82.4. The summed E-state index contributed by atoms with van der Waals surface area (Å²) in [6.07, 6.45) is -4.42. The number of rotatable bonds is 40. The van der Waals surface area contributed by atoms with Crippen LogP contribution < -0.4 is 64.2 Å². The van der Waals surface area contributed by atoms with E-state index < -0.39 is 207 Å². The van der Waals surface area contributed by atoms with Gasteiger partial charge in [-0.25, -0.2) is 0 Å². The third-order valence-electron chi connectivity index (χ3n) is 14.7. The Labute approximate surface area is 570 Å². The van der Waals surface area contributed by atoms with Gasteiger partial charge >= 0.3 is 23.9 Å². The van der Waals surface area contributed by atoms with Crippen molar-refractivity contribution >= 4 is 120 Å². The summed E-state index contributed by atoms with van der Waals surface area (Å²) in [5.74, 6) is -19.0. The first kappa shape index (κ1) is 79.9. The SMILES string of the molecule is C[C@H](NC(=O)CNC(=O)[C@H](CCC(=O)O)NC(=O)[C@H](CCC(=O)O)NC(=O)[C@H](CC(=O)O)NC(=O)[C@@H]1CCCN1C(=O)[C@H](Cc1ccccc1)NC(=O)[C@H](CS)NC(=O)[C@@H](N)Cc1ccc(O)cc1)C(=O)N[C@@H](CS)C(=O)N[C@@H](Cc1ccc(O)cc1)C(=O)NCC(=O)NCC(=O)O. The van der Waals surface area contributed by atoms with Crippen LogP contribution in [0.5, 0.6) is 11.5 Å². The third-order valence-corrected chi connectivity index (χ3v) is 15.5. The van der Waals surface area contributed by atoms with Crippen LogP contribution >= 0.6 is 25.3 Å². The molecule has 3 aromatic rings. The molecule has 98 heavy (non-hydrogen) atoms. The summed E-state index contributed by atoms with van der Waals surface area (Å²) in [5.41, 5.74) is 7.72. The molecule has 3 aromatic carbocycles. The Bertz CT molecular complexity index is 3370. The number of nitrogens with one attached hydrogen (secondary N) is 11. The van der Waals surface area contributed by atoms with Crippen LogP contribution in [0.4, 0.5) is 0 Å². The average molecular weight is 1410 g/mol. The van der Waals surface area contributed by atoms with E-state index in [1.54, 1.807) is 42.5 Å². The molecule has 10 atom stereocenters. The molecule has 0 spiro atoms. The maximum absolute atomic E-state index is 14.5. The second-order valence-electron chi connectivity index (χ2n) is 22.4. The van der Waals surface area contributed by atoms with Crippen LogP contribution in [-0.4, -0.2) is 228 Å². The molecule has 1 fully saturated rings. The smallest absolute Gasteiger partial charge is 0.322 e. The van der Waals surface area contributed by atoms with Crippen LogP contribution in [0, 0.1) is 0 Å². The van der Waals surface area contributed by atoms with E-state index in [4.69, 9.17) is 10.8 Å². The Hall–Kier alpha value is -10.6. The predicted octanol–water partition coefficient (Wildman–Crippen LogP) is -5.16.